The number of aromatic nitrogens is 1. The molecule has 106 valence electrons. The fourth-order valence-corrected chi connectivity index (χ4v) is 2.37. The highest BCUT2D eigenvalue weighted by Gasteiger charge is 2.05. The maximum absolute atomic E-state index is 11.4. The molecule has 0 spiro atoms. The first-order valence-corrected chi connectivity index (χ1v) is 6.97. The van der Waals surface area contributed by atoms with Gasteiger partial charge in [0.05, 0.1) is 10.7 Å². The first kappa shape index (κ1) is 15.4. The lowest BCUT2D eigenvalue weighted by Gasteiger charge is -2.05. The molecule has 6 nitrogen and oxygen atoms in total. The standard InChI is InChI=1S/C12H19N3O3S/c1-8-9(2)19-10(15-8)5-7-14-12(18)13-6-3-4-11(16)17/h3-7H2,1-2H3,(H,16,17)(H2,13,14,18). The predicted octanol–water partition coefficient (Wildman–Crippen LogP) is 1.47. The zero-order chi connectivity index (χ0) is 14.3. The predicted molar refractivity (Wildman–Crippen MR) is 73.6 cm³/mol. The third-order valence-corrected chi connectivity index (χ3v) is 3.68. The quantitative estimate of drug-likeness (QED) is 0.661. The number of nitrogens with one attached hydrogen (secondary N) is 2. The number of aliphatic carboxylic acids is 1. The number of carbonyl (C=O) groups is 2. The second kappa shape index (κ2) is 7.73. The summed E-state index contributed by atoms with van der Waals surface area (Å²) in [6.45, 7) is 4.89. The van der Waals surface area contributed by atoms with Crippen LogP contribution < -0.4 is 10.6 Å². The van der Waals surface area contributed by atoms with E-state index in [0.29, 0.717) is 25.9 Å². The molecule has 3 N–H and O–H groups in total. The molecule has 0 unspecified atom stereocenters. The molecule has 1 rings (SSSR count). The van der Waals surface area contributed by atoms with Crippen LogP contribution in [-0.2, 0) is 11.2 Å². The zero-order valence-corrected chi connectivity index (χ0v) is 12.0. The molecular formula is C12H19N3O3S. The van der Waals surface area contributed by atoms with Crippen molar-refractivity contribution >= 4 is 23.3 Å². The number of rotatable bonds is 7. The van der Waals surface area contributed by atoms with E-state index >= 15 is 0 Å². The molecule has 2 amide bonds. The van der Waals surface area contributed by atoms with Gasteiger partial charge in [0.15, 0.2) is 0 Å². The third kappa shape index (κ3) is 6.19. The summed E-state index contributed by atoms with van der Waals surface area (Å²) >= 11 is 1.64. The van der Waals surface area contributed by atoms with Crippen LogP contribution in [-0.4, -0.2) is 35.2 Å². The Kier molecular flexibility index (Phi) is 6.27. The number of carboxylic acids is 1. The topological polar surface area (TPSA) is 91.3 Å². The lowest BCUT2D eigenvalue weighted by molar-refractivity contribution is -0.137. The summed E-state index contributed by atoms with van der Waals surface area (Å²) in [7, 11) is 0. The Bertz CT molecular complexity index is 426. The van der Waals surface area contributed by atoms with Crippen LogP contribution in [0.4, 0.5) is 4.79 Å². The second-order valence-electron chi connectivity index (χ2n) is 4.18. The Morgan fingerprint density at radius 1 is 1.26 bits per heavy atom. The maximum atomic E-state index is 11.4. The first-order chi connectivity index (χ1) is 8.99. The van der Waals surface area contributed by atoms with Gasteiger partial charge in [-0.2, -0.15) is 0 Å². The number of carboxylic acid groups (broad SMARTS) is 1. The Balaban J connectivity index is 2.11. The molecule has 1 aromatic heterocycles. The molecule has 0 saturated heterocycles. The molecule has 0 bridgehead atoms. The van der Waals surface area contributed by atoms with Gasteiger partial charge in [-0.05, 0) is 20.3 Å². The molecule has 0 aliphatic rings. The molecule has 0 saturated carbocycles. The van der Waals surface area contributed by atoms with Crippen molar-refractivity contribution in [3.05, 3.63) is 15.6 Å². The van der Waals surface area contributed by atoms with Crippen LogP contribution in [0.25, 0.3) is 0 Å². The average molecular weight is 285 g/mol. The minimum Gasteiger partial charge on any atom is -0.481 e. The fourth-order valence-electron chi connectivity index (χ4n) is 1.43. The summed E-state index contributed by atoms with van der Waals surface area (Å²) in [6.07, 6.45) is 1.22. The normalized spacial score (nSPS) is 10.2. The van der Waals surface area contributed by atoms with E-state index < -0.39 is 5.97 Å². The Morgan fingerprint density at radius 2 is 1.95 bits per heavy atom. The fraction of sp³-hybridized carbons (Fsp3) is 0.583. The number of aryl methyl sites for hydroxylation is 2. The number of nitrogens with zero attached hydrogens (tertiary/aromatic N) is 1. The first-order valence-electron chi connectivity index (χ1n) is 6.15. The van der Waals surface area contributed by atoms with Gasteiger partial charge in [0.25, 0.3) is 0 Å². The van der Waals surface area contributed by atoms with E-state index in [1.165, 1.54) is 4.88 Å². The molecular weight excluding hydrogens is 266 g/mol. The molecule has 0 aliphatic carbocycles. The van der Waals surface area contributed by atoms with Crippen LogP contribution in [0.3, 0.4) is 0 Å². The highest BCUT2D eigenvalue weighted by Crippen LogP contribution is 2.16. The van der Waals surface area contributed by atoms with Gasteiger partial charge in [0.1, 0.15) is 0 Å². The summed E-state index contributed by atoms with van der Waals surface area (Å²) in [6, 6.07) is -0.268. The van der Waals surface area contributed by atoms with Crippen LogP contribution >= 0.6 is 11.3 Å². The zero-order valence-electron chi connectivity index (χ0n) is 11.2. The van der Waals surface area contributed by atoms with E-state index in [4.69, 9.17) is 5.11 Å². The van der Waals surface area contributed by atoms with Gasteiger partial charge in [-0.25, -0.2) is 9.78 Å². The van der Waals surface area contributed by atoms with E-state index in [9.17, 15) is 9.59 Å². The van der Waals surface area contributed by atoms with Crippen molar-refractivity contribution in [2.75, 3.05) is 13.1 Å². The molecule has 0 fully saturated rings. The highest BCUT2D eigenvalue weighted by molar-refractivity contribution is 7.11. The van der Waals surface area contributed by atoms with E-state index in [1.54, 1.807) is 11.3 Å². The molecule has 0 aromatic carbocycles. The molecule has 7 heteroatoms. The van der Waals surface area contributed by atoms with Crippen molar-refractivity contribution in [3.63, 3.8) is 0 Å². The Labute approximate surface area is 116 Å². The van der Waals surface area contributed by atoms with Gasteiger partial charge in [0, 0.05) is 30.8 Å². The van der Waals surface area contributed by atoms with Crippen molar-refractivity contribution in [2.45, 2.75) is 33.1 Å². The van der Waals surface area contributed by atoms with Gasteiger partial charge >= 0.3 is 12.0 Å². The van der Waals surface area contributed by atoms with E-state index in [0.717, 1.165) is 10.7 Å². The number of carbonyl (C=O) groups excluding carboxylic acids is 1. The smallest absolute Gasteiger partial charge is 0.314 e. The van der Waals surface area contributed by atoms with Crippen molar-refractivity contribution < 1.29 is 14.7 Å². The van der Waals surface area contributed by atoms with E-state index in [-0.39, 0.29) is 12.5 Å². The molecule has 0 atom stereocenters. The largest absolute Gasteiger partial charge is 0.481 e. The number of urea groups is 1. The Morgan fingerprint density at radius 3 is 2.53 bits per heavy atom. The van der Waals surface area contributed by atoms with Gasteiger partial charge in [-0.3, -0.25) is 4.79 Å². The van der Waals surface area contributed by atoms with Crippen LogP contribution in [0.15, 0.2) is 0 Å². The van der Waals surface area contributed by atoms with Crippen LogP contribution in [0.1, 0.15) is 28.4 Å². The number of hydrogen-bond acceptors (Lipinski definition) is 4. The van der Waals surface area contributed by atoms with Crippen molar-refractivity contribution in [2.24, 2.45) is 0 Å². The molecule has 0 aliphatic heterocycles. The number of amides is 2. The van der Waals surface area contributed by atoms with Crippen molar-refractivity contribution in [1.29, 1.82) is 0 Å². The van der Waals surface area contributed by atoms with Gasteiger partial charge < -0.3 is 15.7 Å². The summed E-state index contributed by atoms with van der Waals surface area (Å²) < 4.78 is 0. The van der Waals surface area contributed by atoms with Crippen molar-refractivity contribution in [1.82, 2.24) is 15.6 Å². The average Bonchev–Trinajstić information content (AvgIpc) is 2.64. The second-order valence-corrected chi connectivity index (χ2v) is 5.47. The summed E-state index contributed by atoms with van der Waals surface area (Å²) in [4.78, 5) is 27.2. The van der Waals surface area contributed by atoms with Crippen molar-refractivity contribution in [3.8, 4) is 0 Å². The molecule has 0 radical (unpaired) electrons. The number of hydrogen-bond donors (Lipinski definition) is 3. The summed E-state index contributed by atoms with van der Waals surface area (Å²) in [5.41, 5.74) is 1.04. The minimum absolute atomic E-state index is 0.0674. The molecule has 19 heavy (non-hydrogen) atoms. The molecule has 1 aromatic rings. The molecule has 1 heterocycles. The highest BCUT2D eigenvalue weighted by atomic mass is 32.1. The lowest BCUT2D eigenvalue weighted by Crippen LogP contribution is -2.37. The monoisotopic (exact) mass is 285 g/mol. The summed E-state index contributed by atoms with van der Waals surface area (Å²) in [5, 5.41) is 14.8. The Hall–Kier alpha value is -1.63. The van der Waals surface area contributed by atoms with Gasteiger partial charge in [-0.1, -0.05) is 0 Å². The third-order valence-electron chi connectivity index (χ3n) is 2.55. The van der Waals surface area contributed by atoms with Crippen LogP contribution in [0, 0.1) is 13.8 Å². The minimum atomic E-state index is -0.850. The van der Waals surface area contributed by atoms with Gasteiger partial charge in [0.2, 0.25) is 0 Å². The van der Waals surface area contributed by atoms with E-state index in [2.05, 4.69) is 15.6 Å². The van der Waals surface area contributed by atoms with Crippen LogP contribution in [0.5, 0.6) is 0 Å². The van der Waals surface area contributed by atoms with Crippen LogP contribution in [0.2, 0.25) is 0 Å². The summed E-state index contributed by atoms with van der Waals surface area (Å²) in [5.74, 6) is -0.850. The SMILES string of the molecule is Cc1nc(CCNC(=O)NCCCC(=O)O)sc1C. The number of thiazole rings is 1. The van der Waals surface area contributed by atoms with Gasteiger partial charge in [-0.15, -0.1) is 11.3 Å². The lowest BCUT2D eigenvalue weighted by atomic mass is 10.3. The van der Waals surface area contributed by atoms with E-state index in [1.807, 2.05) is 13.8 Å². The maximum Gasteiger partial charge on any atom is 0.314 e.